The Morgan fingerprint density at radius 1 is 1.03 bits per heavy atom. The van der Waals surface area contributed by atoms with Crippen LogP contribution in [0.25, 0.3) is 10.9 Å². The third-order valence-corrected chi connectivity index (χ3v) is 8.54. The molecule has 0 saturated heterocycles. The van der Waals surface area contributed by atoms with Crippen molar-refractivity contribution < 1.29 is 9.18 Å². The summed E-state index contributed by atoms with van der Waals surface area (Å²) in [7, 11) is 0. The monoisotopic (exact) mass is 486 g/mol. The molecule has 2 aromatic carbocycles. The van der Waals surface area contributed by atoms with Gasteiger partial charge >= 0.3 is 0 Å². The highest BCUT2D eigenvalue weighted by atomic mass is 19.1. The second kappa shape index (κ2) is 9.81. The predicted octanol–water partition coefficient (Wildman–Crippen LogP) is 6.06. The van der Waals surface area contributed by atoms with E-state index in [1.54, 1.807) is 12.1 Å². The smallest absolute Gasteiger partial charge is 0.254 e. The maximum atomic E-state index is 13.2. The molecule has 1 aromatic heterocycles. The fourth-order valence-electron chi connectivity index (χ4n) is 6.70. The molecule has 2 heterocycles. The van der Waals surface area contributed by atoms with E-state index in [1.807, 2.05) is 6.92 Å². The van der Waals surface area contributed by atoms with Crippen LogP contribution in [0.5, 0.6) is 0 Å². The van der Waals surface area contributed by atoms with Crippen LogP contribution in [0.3, 0.4) is 0 Å². The van der Waals surface area contributed by atoms with Crippen molar-refractivity contribution in [1.29, 1.82) is 0 Å². The van der Waals surface area contributed by atoms with E-state index in [0.717, 1.165) is 37.9 Å². The van der Waals surface area contributed by atoms with E-state index in [4.69, 9.17) is 0 Å². The maximum absolute atomic E-state index is 13.2. The van der Waals surface area contributed by atoms with Crippen molar-refractivity contribution in [3.05, 3.63) is 70.7 Å². The van der Waals surface area contributed by atoms with Crippen LogP contribution >= 0.6 is 0 Å². The molecule has 3 aromatic rings. The van der Waals surface area contributed by atoms with Gasteiger partial charge in [-0.05, 0) is 85.9 Å². The average molecular weight is 487 g/mol. The van der Waals surface area contributed by atoms with Crippen LogP contribution in [0.4, 0.5) is 4.39 Å². The normalized spacial score (nSPS) is 20.9. The lowest BCUT2D eigenvalue weighted by molar-refractivity contribution is -0.123. The molecule has 1 aliphatic heterocycles. The van der Waals surface area contributed by atoms with Gasteiger partial charge in [-0.2, -0.15) is 5.10 Å². The molecule has 0 bridgehead atoms. The Hall–Kier alpha value is -2.99. The predicted molar refractivity (Wildman–Crippen MR) is 142 cm³/mol. The number of aryl methyl sites for hydroxylation is 1. The van der Waals surface area contributed by atoms with Crippen LogP contribution < -0.4 is 5.43 Å². The summed E-state index contributed by atoms with van der Waals surface area (Å²) in [6.45, 7) is 3.93. The van der Waals surface area contributed by atoms with Crippen molar-refractivity contribution in [1.82, 2.24) is 14.9 Å². The molecule has 0 radical (unpaired) electrons. The van der Waals surface area contributed by atoms with E-state index in [0.29, 0.717) is 18.2 Å². The Morgan fingerprint density at radius 2 is 1.83 bits per heavy atom. The summed E-state index contributed by atoms with van der Waals surface area (Å²) in [5, 5.41) is 5.72. The fraction of sp³-hybridized carbons (Fsp3) is 0.467. The summed E-state index contributed by atoms with van der Waals surface area (Å²) in [5.41, 5.74) is 10.0. The second-order valence-electron chi connectivity index (χ2n) is 10.7. The Balaban J connectivity index is 1.21. The number of aromatic nitrogens is 1. The molecule has 1 fully saturated rings. The van der Waals surface area contributed by atoms with Gasteiger partial charge in [-0.15, -0.1) is 0 Å². The summed E-state index contributed by atoms with van der Waals surface area (Å²) in [6.07, 6.45) is 10.1. The van der Waals surface area contributed by atoms with E-state index in [-0.39, 0.29) is 17.8 Å². The zero-order valence-corrected chi connectivity index (χ0v) is 21.1. The van der Waals surface area contributed by atoms with Crippen molar-refractivity contribution in [3.63, 3.8) is 0 Å². The number of halogens is 1. The first-order valence-electron chi connectivity index (χ1n) is 13.6. The Bertz CT molecular complexity index is 1300. The Kier molecular flexibility index (Phi) is 6.38. The molecule has 3 aliphatic rings. The molecular formula is C30H35FN4O. The van der Waals surface area contributed by atoms with Crippen LogP contribution in [-0.2, 0) is 17.8 Å². The van der Waals surface area contributed by atoms with Crippen molar-refractivity contribution in [2.45, 2.75) is 76.8 Å². The van der Waals surface area contributed by atoms with E-state index >= 15 is 0 Å². The minimum atomic E-state index is -0.282. The van der Waals surface area contributed by atoms with Crippen LogP contribution in [-0.4, -0.2) is 34.2 Å². The molecule has 36 heavy (non-hydrogen) atoms. The standard InChI is InChI=1S/C30H35FN4O/c1-20(21-10-13-24(31)14-11-21)32-33-29(36)19-34-16-17-35-27-15-12-23(22-6-3-2-4-7-22)18-26(27)25-8-5-9-28(34)30(25)35/h10-15,18,22,28H,2-9,16-17,19H2,1H3,(H,33,36)/b32-20-/t28-/m1/s1. The summed E-state index contributed by atoms with van der Waals surface area (Å²) in [6, 6.07) is 13.7. The van der Waals surface area contributed by atoms with E-state index < -0.39 is 0 Å². The highest BCUT2D eigenvalue weighted by Gasteiger charge is 2.35. The number of amides is 1. The van der Waals surface area contributed by atoms with Gasteiger partial charge in [0.2, 0.25) is 0 Å². The van der Waals surface area contributed by atoms with E-state index in [9.17, 15) is 9.18 Å². The number of hydrogen-bond acceptors (Lipinski definition) is 3. The first kappa shape index (κ1) is 23.4. The highest BCUT2D eigenvalue weighted by molar-refractivity contribution is 5.99. The van der Waals surface area contributed by atoms with Crippen LogP contribution in [0.1, 0.15) is 86.2 Å². The number of nitrogens with one attached hydrogen (secondary N) is 1. The van der Waals surface area contributed by atoms with Crippen molar-refractivity contribution in [2.75, 3.05) is 13.1 Å². The van der Waals surface area contributed by atoms with Gasteiger partial charge in [0.25, 0.3) is 5.91 Å². The quantitative estimate of drug-likeness (QED) is 0.352. The molecule has 1 atom stereocenters. The van der Waals surface area contributed by atoms with Gasteiger partial charge in [-0.3, -0.25) is 9.69 Å². The zero-order valence-electron chi connectivity index (χ0n) is 21.1. The lowest BCUT2D eigenvalue weighted by Gasteiger charge is -2.39. The van der Waals surface area contributed by atoms with Crippen LogP contribution in [0, 0.1) is 5.82 Å². The fourth-order valence-corrected chi connectivity index (χ4v) is 6.70. The number of fused-ring (bicyclic) bond motifs is 3. The van der Waals surface area contributed by atoms with Gasteiger partial charge in [0.15, 0.2) is 0 Å². The first-order chi connectivity index (χ1) is 17.6. The molecule has 1 N–H and O–H groups in total. The lowest BCUT2D eigenvalue weighted by atomic mass is 9.83. The molecule has 1 saturated carbocycles. The van der Waals surface area contributed by atoms with Crippen molar-refractivity contribution >= 4 is 22.5 Å². The Morgan fingerprint density at radius 3 is 2.64 bits per heavy atom. The minimum absolute atomic E-state index is 0.104. The van der Waals surface area contributed by atoms with Crippen LogP contribution in [0.2, 0.25) is 0 Å². The molecule has 6 rings (SSSR count). The van der Waals surface area contributed by atoms with Crippen molar-refractivity contribution in [3.8, 4) is 0 Å². The van der Waals surface area contributed by atoms with Gasteiger partial charge in [-0.1, -0.05) is 37.5 Å². The molecule has 2 aliphatic carbocycles. The molecule has 188 valence electrons. The van der Waals surface area contributed by atoms with Gasteiger partial charge in [-0.25, -0.2) is 9.82 Å². The summed E-state index contributed by atoms with van der Waals surface area (Å²) < 4.78 is 15.7. The number of carbonyl (C=O) groups is 1. The first-order valence-corrected chi connectivity index (χ1v) is 13.6. The molecule has 0 spiro atoms. The van der Waals surface area contributed by atoms with Crippen LogP contribution in [0.15, 0.2) is 47.6 Å². The number of hydrogen-bond donors (Lipinski definition) is 1. The molecule has 5 nitrogen and oxygen atoms in total. The molecule has 1 amide bonds. The minimum Gasteiger partial charge on any atom is -0.342 e. The third kappa shape index (κ3) is 4.36. The topological polar surface area (TPSA) is 49.6 Å². The highest BCUT2D eigenvalue weighted by Crippen LogP contribution is 2.44. The second-order valence-corrected chi connectivity index (χ2v) is 10.7. The van der Waals surface area contributed by atoms with E-state index in [2.05, 4.69) is 38.2 Å². The lowest BCUT2D eigenvalue weighted by Crippen LogP contribution is -2.44. The molecule has 0 unspecified atom stereocenters. The Labute approximate surface area is 212 Å². The zero-order chi connectivity index (χ0) is 24.6. The summed E-state index contributed by atoms with van der Waals surface area (Å²) >= 11 is 0. The van der Waals surface area contributed by atoms with Gasteiger partial charge < -0.3 is 4.57 Å². The average Bonchev–Trinajstić information content (AvgIpc) is 3.24. The number of nitrogens with zero attached hydrogens (tertiary/aromatic N) is 3. The molecule has 6 heteroatoms. The largest absolute Gasteiger partial charge is 0.342 e. The van der Waals surface area contributed by atoms with Gasteiger partial charge in [0.05, 0.1) is 18.3 Å². The number of benzene rings is 2. The summed E-state index contributed by atoms with van der Waals surface area (Å²) in [4.78, 5) is 15.2. The number of rotatable bonds is 5. The summed E-state index contributed by atoms with van der Waals surface area (Å²) in [5.74, 6) is 0.327. The van der Waals surface area contributed by atoms with Gasteiger partial charge in [0, 0.05) is 29.7 Å². The van der Waals surface area contributed by atoms with Gasteiger partial charge in [0.1, 0.15) is 5.82 Å². The third-order valence-electron chi connectivity index (χ3n) is 8.54. The number of hydrazone groups is 1. The van der Waals surface area contributed by atoms with Crippen molar-refractivity contribution in [2.24, 2.45) is 5.10 Å². The SMILES string of the molecule is C/C(=N/NC(=O)CN1CCn2c3c(c4cc(C5CCCCC5)ccc42)CCC[C@H]31)c1ccc(F)cc1. The number of carbonyl (C=O) groups excluding carboxylic acids is 1. The molecular weight excluding hydrogens is 451 g/mol. The maximum Gasteiger partial charge on any atom is 0.254 e. The van der Waals surface area contributed by atoms with E-state index in [1.165, 1.54) is 72.0 Å².